The van der Waals surface area contributed by atoms with Crippen LogP contribution in [-0.2, 0) is 54.3 Å². The number of nitrogens with one attached hydrogen (secondary N) is 2. The number of amides is 7. The molecule has 2 saturated heterocycles. The first-order valence-corrected chi connectivity index (χ1v) is 28.1. The van der Waals surface area contributed by atoms with Gasteiger partial charge in [0.2, 0.25) is 41.4 Å². The SMILES string of the molecule is CC[C@H](C)[C@H]1C(=O)N[C@H](C(=O)N2CCCCC2)CSCC(=O)C[C@@H](Cc2ccccc2)C(=O)N(C)[C@@H](CC(C)C)C(=O)C[C@@H]([C@@H](C)O)C(=O)N(C)CC(=O)N(C)[C@@H](CC(C)C)C(=O)N[C@@H](COC(C)(C)C)C(=O)N1C. The highest BCUT2D eigenvalue weighted by Gasteiger charge is 2.41. The van der Waals surface area contributed by atoms with Gasteiger partial charge in [0.25, 0.3) is 0 Å². The van der Waals surface area contributed by atoms with Crippen LogP contribution < -0.4 is 10.6 Å². The van der Waals surface area contributed by atoms with Gasteiger partial charge in [0.15, 0.2) is 5.78 Å². The van der Waals surface area contributed by atoms with E-state index in [4.69, 9.17) is 4.74 Å². The molecule has 3 N–H and O–H groups in total. The molecule has 422 valence electrons. The second-order valence-corrected chi connectivity index (χ2v) is 23.8. The number of likely N-dealkylation sites (N-methyl/N-ethyl adjacent to an activating group) is 4. The monoisotopic (exact) mass is 1070 g/mol. The van der Waals surface area contributed by atoms with Crippen molar-refractivity contribution in [2.24, 2.45) is 29.6 Å². The third-order valence-electron chi connectivity index (χ3n) is 14.3. The second-order valence-electron chi connectivity index (χ2n) is 22.8. The quantitative estimate of drug-likeness (QED) is 0.266. The Morgan fingerprint density at radius 3 is 1.92 bits per heavy atom. The first-order chi connectivity index (χ1) is 35.1. The highest BCUT2D eigenvalue weighted by molar-refractivity contribution is 8.00. The predicted molar refractivity (Wildman–Crippen MR) is 291 cm³/mol. The Hall–Kier alpha value is -4.88. The van der Waals surface area contributed by atoms with E-state index in [0.29, 0.717) is 19.5 Å². The number of likely N-dealkylation sites (tertiary alicyclic amines) is 1. The number of ether oxygens (including phenoxy) is 1. The standard InChI is InChI=1S/C56H91N7O11S/c1-15-37(6)49-51(69)58-44(55(73)63-24-20-17-21-25-63)34-75-33-41(65)29-40(28-39-22-18-16-19-23-39)52(70)61(13)45(26-35(2)3)47(66)30-42(38(7)64)53(71)59(11)31-48(67)60(12)46(27-36(4)5)50(68)57-43(54(72)62(49)14)32-74-56(8,9)10/h16,18-19,22-23,35-38,40,42-46,49,64H,15,17,20-21,24-34H2,1-14H3,(H,57,68)(H,58,69)/t37-,38+,40+,42-,43-,44-,45-,46-,49-/m0/s1. The molecule has 0 bridgehead atoms. The zero-order chi connectivity index (χ0) is 56.5. The van der Waals surface area contributed by atoms with Crippen molar-refractivity contribution in [3.63, 3.8) is 0 Å². The highest BCUT2D eigenvalue weighted by Crippen LogP contribution is 2.26. The molecule has 9 atom stereocenters. The maximum absolute atomic E-state index is 14.8. The van der Waals surface area contributed by atoms with Crippen molar-refractivity contribution in [1.29, 1.82) is 0 Å². The molecule has 2 fully saturated rings. The van der Waals surface area contributed by atoms with Crippen molar-refractivity contribution in [3.8, 4) is 0 Å². The van der Waals surface area contributed by atoms with Gasteiger partial charge in [-0.1, -0.05) is 78.3 Å². The van der Waals surface area contributed by atoms with Gasteiger partial charge in [-0.2, -0.15) is 11.8 Å². The Balaban J connectivity index is 2.23. The molecule has 2 heterocycles. The Kier molecular flexibility index (Phi) is 25.9. The lowest BCUT2D eigenvalue weighted by Gasteiger charge is -2.37. The van der Waals surface area contributed by atoms with Crippen molar-refractivity contribution in [1.82, 2.24) is 35.1 Å². The summed E-state index contributed by atoms with van der Waals surface area (Å²) in [6, 6.07) is 3.52. The third-order valence-corrected chi connectivity index (χ3v) is 15.4. The summed E-state index contributed by atoms with van der Waals surface area (Å²) in [5.41, 5.74) is 0.0424. The average molecular weight is 1070 g/mol. The van der Waals surface area contributed by atoms with Crippen LogP contribution in [0.25, 0.3) is 0 Å². The van der Waals surface area contributed by atoms with Gasteiger partial charge in [-0.05, 0) is 89.5 Å². The van der Waals surface area contributed by atoms with Gasteiger partial charge in [-0.3, -0.25) is 43.2 Å². The normalized spacial score (nSPS) is 25.9. The number of rotatable bonds is 12. The van der Waals surface area contributed by atoms with Crippen LogP contribution >= 0.6 is 11.8 Å². The molecule has 0 saturated carbocycles. The number of aliphatic hydroxyl groups is 1. The molecule has 18 nitrogen and oxygen atoms in total. The molecule has 0 aliphatic carbocycles. The zero-order valence-corrected chi connectivity index (χ0v) is 48.3. The molecule has 2 aliphatic rings. The molecule has 1 aromatic rings. The van der Waals surface area contributed by atoms with Gasteiger partial charge in [0.05, 0.1) is 42.6 Å². The van der Waals surface area contributed by atoms with E-state index in [9.17, 15) is 48.3 Å². The summed E-state index contributed by atoms with van der Waals surface area (Å²) >= 11 is 1.16. The number of aliphatic hydroxyl groups excluding tert-OH is 1. The Labute approximate surface area is 451 Å². The van der Waals surface area contributed by atoms with E-state index >= 15 is 0 Å². The Bertz CT molecular complexity index is 2090. The molecule has 7 amide bonds. The van der Waals surface area contributed by atoms with E-state index in [0.717, 1.165) is 41.5 Å². The molecule has 0 radical (unpaired) electrons. The van der Waals surface area contributed by atoms with Crippen molar-refractivity contribution in [2.75, 3.05) is 65.9 Å². The number of thioether (sulfide) groups is 1. The van der Waals surface area contributed by atoms with Gasteiger partial charge in [-0.15, -0.1) is 0 Å². The number of hydrogen-bond donors (Lipinski definition) is 3. The minimum atomic E-state index is -1.34. The van der Waals surface area contributed by atoms with Crippen molar-refractivity contribution in [2.45, 2.75) is 169 Å². The summed E-state index contributed by atoms with van der Waals surface area (Å²) in [6.07, 6.45) is 1.59. The van der Waals surface area contributed by atoms with Crippen molar-refractivity contribution >= 4 is 64.7 Å². The summed E-state index contributed by atoms with van der Waals surface area (Å²) in [7, 11) is 5.79. The summed E-state index contributed by atoms with van der Waals surface area (Å²) in [5, 5.41) is 16.9. The van der Waals surface area contributed by atoms with Crippen molar-refractivity contribution in [3.05, 3.63) is 35.9 Å². The first kappa shape index (κ1) is 64.4. The van der Waals surface area contributed by atoms with E-state index in [2.05, 4.69) is 10.6 Å². The number of hydrogen-bond acceptors (Lipinski definition) is 12. The van der Waals surface area contributed by atoms with Crippen LogP contribution in [0, 0.1) is 29.6 Å². The lowest BCUT2D eigenvalue weighted by molar-refractivity contribution is -0.150. The summed E-state index contributed by atoms with van der Waals surface area (Å²) in [4.78, 5) is 137. The fraction of sp³-hybridized carbons (Fsp3) is 0.732. The fourth-order valence-electron chi connectivity index (χ4n) is 9.68. The molecule has 2 aliphatic heterocycles. The number of piperidine rings is 1. The summed E-state index contributed by atoms with van der Waals surface area (Å²) < 4.78 is 6.10. The van der Waals surface area contributed by atoms with E-state index in [1.807, 2.05) is 71.9 Å². The molecule has 75 heavy (non-hydrogen) atoms. The van der Waals surface area contributed by atoms with Crippen LogP contribution in [0.4, 0.5) is 0 Å². The number of ketones is 2. The minimum absolute atomic E-state index is 0.0137. The van der Waals surface area contributed by atoms with Crippen LogP contribution in [0.15, 0.2) is 30.3 Å². The van der Waals surface area contributed by atoms with Gasteiger partial charge in [0.1, 0.15) is 30.0 Å². The first-order valence-electron chi connectivity index (χ1n) is 27.0. The molecular weight excluding hydrogens is 979 g/mol. The van der Waals surface area contributed by atoms with Crippen LogP contribution in [0.1, 0.15) is 126 Å². The number of carbonyl (C=O) groups excluding carboxylic acids is 9. The smallest absolute Gasteiger partial charge is 0.247 e. The molecule has 0 spiro atoms. The highest BCUT2D eigenvalue weighted by atomic mass is 32.2. The molecular formula is C56H91N7O11S. The maximum atomic E-state index is 14.8. The molecule has 0 aromatic heterocycles. The van der Waals surface area contributed by atoms with E-state index < -0.39 is 114 Å². The lowest BCUT2D eigenvalue weighted by atomic mass is 9.88. The molecule has 1 aromatic carbocycles. The van der Waals surface area contributed by atoms with E-state index in [1.165, 1.54) is 49.8 Å². The summed E-state index contributed by atoms with van der Waals surface area (Å²) in [6.45, 7) is 18.2. The number of Topliss-reactive ketones (excluding diaryl/α,β-unsaturated/α-hetero) is 2. The fourth-order valence-corrected chi connectivity index (χ4v) is 10.6. The maximum Gasteiger partial charge on any atom is 0.247 e. The van der Waals surface area contributed by atoms with Crippen LogP contribution in [0.3, 0.4) is 0 Å². The number of nitrogens with zero attached hydrogens (tertiary/aromatic N) is 5. The largest absolute Gasteiger partial charge is 0.393 e. The number of benzene rings is 1. The van der Waals surface area contributed by atoms with Gasteiger partial charge in [-0.25, -0.2) is 0 Å². The predicted octanol–water partition coefficient (Wildman–Crippen LogP) is 4.38. The van der Waals surface area contributed by atoms with Gasteiger partial charge < -0.3 is 45.0 Å². The molecule has 0 unspecified atom stereocenters. The van der Waals surface area contributed by atoms with E-state index in [-0.39, 0.29) is 67.3 Å². The minimum Gasteiger partial charge on any atom is -0.393 e. The summed E-state index contributed by atoms with van der Waals surface area (Å²) in [5.74, 6) is -7.69. The van der Waals surface area contributed by atoms with Gasteiger partial charge >= 0.3 is 0 Å². The lowest BCUT2D eigenvalue weighted by Crippen LogP contribution is -2.61. The zero-order valence-electron chi connectivity index (χ0n) is 47.5. The molecule has 19 heteroatoms. The Morgan fingerprint density at radius 1 is 0.760 bits per heavy atom. The Morgan fingerprint density at radius 2 is 1.36 bits per heavy atom. The average Bonchev–Trinajstić information content (AvgIpc) is 3.35. The van der Waals surface area contributed by atoms with Gasteiger partial charge in [0, 0.05) is 65.8 Å². The van der Waals surface area contributed by atoms with E-state index in [1.54, 1.807) is 25.7 Å². The number of carbonyl (C=O) groups is 9. The second kappa shape index (κ2) is 30.2. The van der Waals surface area contributed by atoms with Crippen LogP contribution in [0.2, 0.25) is 0 Å². The topological polar surface area (TPSA) is 223 Å². The van der Waals surface area contributed by atoms with Crippen molar-refractivity contribution < 1.29 is 53.0 Å². The van der Waals surface area contributed by atoms with Crippen LogP contribution in [0.5, 0.6) is 0 Å². The third kappa shape index (κ3) is 19.9. The van der Waals surface area contributed by atoms with Crippen LogP contribution in [-0.4, -0.2) is 190 Å². The molecule has 3 rings (SSSR count).